The molecule has 0 spiro atoms. The van der Waals surface area contributed by atoms with Crippen LogP contribution in [0, 0.1) is 20.8 Å². The molecule has 0 saturated heterocycles. The molecule has 1 heterocycles. The van der Waals surface area contributed by atoms with Crippen LogP contribution in [0.5, 0.6) is 0 Å². The van der Waals surface area contributed by atoms with Gasteiger partial charge in [0.25, 0.3) is 10.0 Å². The van der Waals surface area contributed by atoms with E-state index in [2.05, 4.69) is 14.5 Å². The standard InChI is InChI=1S/C19H21N3O2S/c1-13-9-10-19(14(2)11-13)25(23,24)21-20-12-17-15(3)22(4)18-8-6-5-7-16(17)18/h5-12,21H,1-4H3/b20-12+. The van der Waals surface area contributed by atoms with E-state index in [4.69, 9.17) is 0 Å². The smallest absolute Gasteiger partial charge is 0.276 e. The van der Waals surface area contributed by atoms with E-state index in [1.54, 1.807) is 25.3 Å². The second-order valence-corrected chi connectivity index (χ2v) is 7.83. The van der Waals surface area contributed by atoms with E-state index < -0.39 is 10.0 Å². The topological polar surface area (TPSA) is 63.5 Å². The van der Waals surface area contributed by atoms with Gasteiger partial charge in [-0.3, -0.25) is 0 Å². The molecule has 6 heteroatoms. The van der Waals surface area contributed by atoms with Gasteiger partial charge < -0.3 is 4.57 Å². The minimum absolute atomic E-state index is 0.241. The van der Waals surface area contributed by atoms with Gasteiger partial charge in [0.2, 0.25) is 0 Å². The fraction of sp³-hybridized carbons (Fsp3) is 0.211. The summed E-state index contributed by atoms with van der Waals surface area (Å²) >= 11 is 0. The fourth-order valence-corrected chi connectivity index (χ4v) is 4.04. The van der Waals surface area contributed by atoms with Crippen LogP contribution in [0.25, 0.3) is 10.9 Å². The monoisotopic (exact) mass is 355 g/mol. The number of hydrogen-bond donors (Lipinski definition) is 1. The molecule has 5 nitrogen and oxygen atoms in total. The van der Waals surface area contributed by atoms with Gasteiger partial charge in [-0.05, 0) is 38.5 Å². The summed E-state index contributed by atoms with van der Waals surface area (Å²) < 4.78 is 27.0. The number of hydrazone groups is 1. The van der Waals surface area contributed by atoms with E-state index in [0.717, 1.165) is 27.7 Å². The SMILES string of the molecule is Cc1ccc(S(=O)(=O)N/N=C/c2c(C)n(C)c3ccccc23)c(C)c1. The molecule has 2 aromatic carbocycles. The summed E-state index contributed by atoms with van der Waals surface area (Å²) in [6, 6.07) is 13.2. The third-order valence-corrected chi connectivity index (χ3v) is 5.82. The zero-order valence-corrected chi connectivity index (χ0v) is 15.6. The van der Waals surface area contributed by atoms with Gasteiger partial charge in [0.05, 0.1) is 11.1 Å². The van der Waals surface area contributed by atoms with Gasteiger partial charge in [0.15, 0.2) is 0 Å². The average molecular weight is 355 g/mol. The van der Waals surface area contributed by atoms with Crippen molar-refractivity contribution in [2.24, 2.45) is 12.1 Å². The van der Waals surface area contributed by atoms with Crippen molar-refractivity contribution >= 4 is 27.1 Å². The van der Waals surface area contributed by atoms with Crippen molar-refractivity contribution in [3.8, 4) is 0 Å². The van der Waals surface area contributed by atoms with Gasteiger partial charge in [0, 0.05) is 29.2 Å². The minimum atomic E-state index is -3.69. The highest BCUT2D eigenvalue weighted by atomic mass is 32.2. The molecule has 0 amide bonds. The number of aromatic nitrogens is 1. The molecule has 130 valence electrons. The summed E-state index contributed by atoms with van der Waals surface area (Å²) in [7, 11) is -1.71. The third kappa shape index (κ3) is 3.17. The van der Waals surface area contributed by atoms with Crippen LogP contribution in [-0.2, 0) is 17.1 Å². The lowest BCUT2D eigenvalue weighted by Gasteiger charge is -2.07. The third-order valence-electron chi connectivity index (χ3n) is 4.43. The number of sulfonamides is 1. The zero-order chi connectivity index (χ0) is 18.2. The summed E-state index contributed by atoms with van der Waals surface area (Å²) in [4.78, 5) is 2.56. The van der Waals surface area contributed by atoms with E-state index in [-0.39, 0.29) is 4.90 Å². The first-order valence-electron chi connectivity index (χ1n) is 7.97. The molecule has 0 radical (unpaired) electrons. The maximum absolute atomic E-state index is 12.5. The molecular weight excluding hydrogens is 334 g/mol. The second-order valence-electron chi connectivity index (χ2n) is 6.20. The van der Waals surface area contributed by atoms with E-state index in [0.29, 0.717) is 5.56 Å². The summed E-state index contributed by atoms with van der Waals surface area (Å²) in [6.45, 7) is 5.69. The van der Waals surface area contributed by atoms with Gasteiger partial charge in [-0.25, -0.2) is 4.83 Å². The lowest BCUT2D eigenvalue weighted by atomic mass is 10.1. The van der Waals surface area contributed by atoms with Crippen LogP contribution in [0.15, 0.2) is 52.5 Å². The quantitative estimate of drug-likeness (QED) is 0.576. The number of aryl methyl sites for hydroxylation is 3. The number of nitrogens with one attached hydrogen (secondary N) is 1. The van der Waals surface area contributed by atoms with Gasteiger partial charge in [0.1, 0.15) is 0 Å². The van der Waals surface area contributed by atoms with E-state index in [1.165, 1.54) is 0 Å². The van der Waals surface area contributed by atoms with Crippen LogP contribution in [-0.4, -0.2) is 19.2 Å². The van der Waals surface area contributed by atoms with Crippen LogP contribution in [0.3, 0.4) is 0 Å². The molecular formula is C19H21N3O2S. The van der Waals surface area contributed by atoms with Crippen LogP contribution < -0.4 is 4.83 Å². The summed E-state index contributed by atoms with van der Waals surface area (Å²) in [5, 5.41) is 5.04. The first kappa shape index (κ1) is 17.2. The van der Waals surface area contributed by atoms with E-state index in [1.807, 2.05) is 51.2 Å². The predicted octanol–water partition coefficient (Wildman–Crippen LogP) is 3.42. The molecule has 0 unspecified atom stereocenters. The van der Waals surface area contributed by atoms with Crippen molar-refractivity contribution in [3.05, 3.63) is 64.8 Å². The molecule has 0 aliphatic carbocycles. The van der Waals surface area contributed by atoms with E-state index in [9.17, 15) is 8.42 Å². The summed E-state index contributed by atoms with van der Waals surface area (Å²) in [6.07, 6.45) is 1.57. The molecule has 1 aromatic heterocycles. The molecule has 0 aliphatic rings. The van der Waals surface area contributed by atoms with Gasteiger partial charge in [-0.2, -0.15) is 13.5 Å². The molecule has 0 fully saturated rings. The highest BCUT2D eigenvalue weighted by molar-refractivity contribution is 7.89. The van der Waals surface area contributed by atoms with Crippen molar-refractivity contribution in [2.75, 3.05) is 0 Å². The Morgan fingerprint density at radius 2 is 1.80 bits per heavy atom. The number of rotatable bonds is 4. The van der Waals surface area contributed by atoms with Crippen LogP contribution >= 0.6 is 0 Å². The normalized spacial score (nSPS) is 12.2. The van der Waals surface area contributed by atoms with Crippen LogP contribution in [0.2, 0.25) is 0 Å². The molecule has 0 atom stereocenters. The fourth-order valence-electron chi connectivity index (χ4n) is 3.02. The lowest BCUT2D eigenvalue weighted by Crippen LogP contribution is -2.19. The Kier molecular flexibility index (Phi) is 4.39. The van der Waals surface area contributed by atoms with Crippen molar-refractivity contribution in [2.45, 2.75) is 25.7 Å². The summed E-state index contributed by atoms with van der Waals surface area (Å²) in [5.41, 5.74) is 4.73. The molecule has 0 aliphatic heterocycles. The molecule has 0 saturated carbocycles. The maximum atomic E-state index is 12.5. The number of nitrogens with zero attached hydrogens (tertiary/aromatic N) is 2. The Morgan fingerprint density at radius 3 is 2.52 bits per heavy atom. The van der Waals surface area contributed by atoms with Gasteiger partial charge >= 0.3 is 0 Å². The van der Waals surface area contributed by atoms with E-state index >= 15 is 0 Å². The summed E-state index contributed by atoms with van der Waals surface area (Å²) in [5.74, 6) is 0. The molecule has 1 N–H and O–H groups in total. The van der Waals surface area contributed by atoms with Crippen LogP contribution in [0.1, 0.15) is 22.4 Å². The second kappa shape index (κ2) is 6.37. The minimum Gasteiger partial charge on any atom is -0.347 e. The first-order chi connectivity index (χ1) is 11.8. The molecule has 0 bridgehead atoms. The number of para-hydroxylation sites is 1. The van der Waals surface area contributed by atoms with Crippen molar-refractivity contribution in [1.29, 1.82) is 0 Å². The lowest BCUT2D eigenvalue weighted by molar-refractivity contribution is 0.584. The Labute approximate surface area is 148 Å². The Balaban J connectivity index is 1.92. The molecule has 3 rings (SSSR count). The number of fused-ring (bicyclic) bond motifs is 1. The van der Waals surface area contributed by atoms with Crippen LogP contribution in [0.4, 0.5) is 0 Å². The Hall–Kier alpha value is -2.60. The predicted molar refractivity (Wildman–Crippen MR) is 101 cm³/mol. The number of hydrogen-bond acceptors (Lipinski definition) is 3. The van der Waals surface area contributed by atoms with Gasteiger partial charge in [-0.1, -0.05) is 35.9 Å². The maximum Gasteiger partial charge on any atom is 0.276 e. The van der Waals surface area contributed by atoms with Crippen molar-refractivity contribution in [3.63, 3.8) is 0 Å². The largest absolute Gasteiger partial charge is 0.347 e. The van der Waals surface area contributed by atoms with Gasteiger partial charge in [-0.15, -0.1) is 0 Å². The highest BCUT2D eigenvalue weighted by Crippen LogP contribution is 2.23. The Morgan fingerprint density at radius 1 is 1.08 bits per heavy atom. The van der Waals surface area contributed by atoms with Crippen molar-refractivity contribution < 1.29 is 8.42 Å². The van der Waals surface area contributed by atoms with Crippen molar-refractivity contribution in [1.82, 2.24) is 9.40 Å². The molecule has 3 aromatic rings. The first-order valence-corrected chi connectivity index (χ1v) is 9.46. The highest BCUT2D eigenvalue weighted by Gasteiger charge is 2.16. The number of benzene rings is 2. The Bertz CT molecular complexity index is 1080. The average Bonchev–Trinajstić information content (AvgIpc) is 2.80. The molecule has 25 heavy (non-hydrogen) atoms. The zero-order valence-electron chi connectivity index (χ0n) is 14.7.